The number of pyridine rings is 2. The molecule has 4 aromatic heterocycles. The minimum Gasteiger partial charge on any atom is -0.495 e. The fourth-order valence-corrected chi connectivity index (χ4v) is 4.14. The Morgan fingerprint density at radius 1 is 0.848 bits per heavy atom. The lowest BCUT2D eigenvalue weighted by Crippen LogP contribution is -1.87. The van der Waals surface area contributed by atoms with Gasteiger partial charge in [0.25, 0.3) is 0 Å². The number of nitrogens with one attached hydrogen (secondary N) is 2. The fraction of sp³-hybridized carbons (Fsp3) is 0.0385. The van der Waals surface area contributed by atoms with Gasteiger partial charge in [-0.3, -0.25) is 15.1 Å². The van der Waals surface area contributed by atoms with Crippen molar-refractivity contribution in [3.05, 3.63) is 85.1 Å². The van der Waals surface area contributed by atoms with Crippen LogP contribution in [0.5, 0.6) is 5.75 Å². The maximum atomic E-state index is 14.5. The van der Waals surface area contributed by atoms with Gasteiger partial charge in [-0.1, -0.05) is 18.2 Å². The maximum absolute atomic E-state index is 14.5. The third-order valence-corrected chi connectivity index (χ3v) is 5.78. The van der Waals surface area contributed by atoms with Crippen molar-refractivity contribution in [3.8, 4) is 39.5 Å². The van der Waals surface area contributed by atoms with Gasteiger partial charge in [0.1, 0.15) is 17.3 Å². The van der Waals surface area contributed by atoms with Crippen molar-refractivity contribution in [3.63, 3.8) is 0 Å². The van der Waals surface area contributed by atoms with E-state index in [0.29, 0.717) is 17.0 Å². The van der Waals surface area contributed by atoms with Crippen LogP contribution < -0.4 is 4.74 Å². The molecule has 6 nitrogen and oxygen atoms in total. The number of aromatic nitrogens is 5. The average Bonchev–Trinajstić information content (AvgIpc) is 3.48. The molecule has 0 unspecified atom stereocenters. The van der Waals surface area contributed by atoms with Crippen LogP contribution in [0.25, 0.3) is 55.6 Å². The number of methoxy groups -OCH3 is 1. The summed E-state index contributed by atoms with van der Waals surface area (Å²) in [5.74, 6) is 0.394. The molecule has 0 aliphatic heterocycles. The van der Waals surface area contributed by atoms with Crippen molar-refractivity contribution in [2.45, 2.75) is 0 Å². The highest BCUT2D eigenvalue weighted by molar-refractivity contribution is 6.00. The summed E-state index contributed by atoms with van der Waals surface area (Å²) in [7, 11) is 1.62. The van der Waals surface area contributed by atoms with Gasteiger partial charge < -0.3 is 9.72 Å². The molecule has 160 valence electrons. The Labute approximate surface area is 188 Å². The Morgan fingerprint density at radius 2 is 1.73 bits per heavy atom. The van der Waals surface area contributed by atoms with Gasteiger partial charge in [-0.15, -0.1) is 0 Å². The van der Waals surface area contributed by atoms with Gasteiger partial charge in [-0.2, -0.15) is 5.10 Å². The molecule has 6 rings (SSSR count). The lowest BCUT2D eigenvalue weighted by molar-refractivity contribution is 0.413. The number of fused-ring (bicyclic) bond motifs is 2. The lowest BCUT2D eigenvalue weighted by Gasteiger charge is -2.04. The van der Waals surface area contributed by atoms with Gasteiger partial charge in [0.15, 0.2) is 0 Å². The zero-order valence-corrected chi connectivity index (χ0v) is 17.6. The fourth-order valence-electron chi connectivity index (χ4n) is 4.14. The van der Waals surface area contributed by atoms with Gasteiger partial charge in [0.2, 0.25) is 0 Å². The van der Waals surface area contributed by atoms with Crippen molar-refractivity contribution in [2.24, 2.45) is 0 Å². The monoisotopic (exact) mass is 435 g/mol. The first-order chi connectivity index (χ1) is 16.2. The predicted molar refractivity (Wildman–Crippen MR) is 126 cm³/mol. The molecule has 6 aromatic rings. The van der Waals surface area contributed by atoms with E-state index < -0.39 is 0 Å². The van der Waals surface area contributed by atoms with Crippen molar-refractivity contribution in [1.82, 2.24) is 25.1 Å². The Morgan fingerprint density at radius 3 is 2.61 bits per heavy atom. The molecule has 0 saturated carbocycles. The number of hydrogen-bond donors (Lipinski definition) is 2. The van der Waals surface area contributed by atoms with Crippen LogP contribution in [0.2, 0.25) is 0 Å². The standard InChI is InChI=1S/C26H18FN5O/c1-33-17-10-16(13-28-14-17)15-6-7-23-19(11-15)26(32-31-23)24-12-20-22(30-24)8-9-29-25(20)18-4-2-3-5-21(18)27/h2-14,30H,1H3,(H,31,32). The molecule has 2 N–H and O–H groups in total. The molecular weight excluding hydrogens is 417 g/mol. The average molecular weight is 435 g/mol. The van der Waals surface area contributed by atoms with Crippen LogP contribution in [-0.2, 0) is 0 Å². The third kappa shape index (κ3) is 3.22. The zero-order valence-electron chi connectivity index (χ0n) is 17.6. The minimum atomic E-state index is -0.304. The number of aromatic amines is 2. The van der Waals surface area contributed by atoms with Gasteiger partial charge >= 0.3 is 0 Å². The van der Waals surface area contributed by atoms with E-state index >= 15 is 0 Å². The molecule has 4 heterocycles. The van der Waals surface area contributed by atoms with Gasteiger partial charge in [-0.05, 0) is 48.0 Å². The summed E-state index contributed by atoms with van der Waals surface area (Å²) in [6.45, 7) is 0. The van der Waals surface area contributed by atoms with Crippen LogP contribution in [0.4, 0.5) is 4.39 Å². The first-order valence-electron chi connectivity index (χ1n) is 10.4. The number of ether oxygens (including phenoxy) is 1. The highest BCUT2D eigenvalue weighted by Gasteiger charge is 2.16. The summed E-state index contributed by atoms with van der Waals surface area (Å²) in [5, 5.41) is 9.46. The van der Waals surface area contributed by atoms with Crippen LogP contribution in [0.15, 0.2) is 79.3 Å². The Bertz CT molecular complexity index is 1640. The maximum Gasteiger partial charge on any atom is 0.137 e. The van der Waals surface area contributed by atoms with Crippen LogP contribution >= 0.6 is 0 Å². The Kier molecular flexibility index (Phi) is 4.40. The quantitative estimate of drug-likeness (QED) is 0.357. The molecule has 0 aliphatic rings. The van der Waals surface area contributed by atoms with E-state index in [-0.39, 0.29) is 5.82 Å². The van der Waals surface area contributed by atoms with E-state index in [1.165, 1.54) is 6.07 Å². The summed E-state index contributed by atoms with van der Waals surface area (Å²) in [4.78, 5) is 12.1. The number of H-pyrrole nitrogens is 2. The van der Waals surface area contributed by atoms with Gasteiger partial charge in [-0.25, -0.2) is 4.39 Å². The molecule has 0 radical (unpaired) electrons. The predicted octanol–water partition coefficient (Wildman–Crippen LogP) is 5.98. The smallest absolute Gasteiger partial charge is 0.137 e. The van der Waals surface area contributed by atoms with Crippen LogP contribution in [0.1, 0.15) is 0 Å². The second kappa shape index (κ2) is 7.56. The molecule has 0 bridgehead atoms. The largest absolute Gasteiger partial charge is 0.495 e. The number of hydrogen-bond acceptors (Lipinski definition) is 4. The highest BCUT2D eigenvalue weighted by atomic mass is 19.1. The highest BCUT2D eigenvalue weighted by Crippen LogP contribution is 2.35. The topological polar surface area (TPSA) is 79.5 Å². The molecule has 0 spiro atoms. The molecule has 0 saturated heterocycles. The van der Waals surface area contributed by atoms with Gasteiger partial charge in [0.05, 0.1) is 30.2 Å². The van der Waals surface area contributed by atoms with Crippen molar-refractivity contribution in [2.75, 3.05) is 7.11 Å². The first kappa shape index (κ1) is 19.2. The van der Waals surface area contributed by atoms with Crippen LogP contribution in [0.3, 0.4) is 0 Å². The molecule has 0 aliphatic carbocycles. The van der Waals surface area contributed by atoms with Crippen molar-refractivity contribution >= 4 is 21.8 Å². The molecule has 0 atom stereocenters. The SMILES string of the molecule is COc1cncc(-c2ccc3[nH]nc(-c4cc5c(-c6ccccc6F)nccc5[nH]4)c3c2)c1. The molecule has 33 heavy (non-hydrogen) atoms. The molecule has 2 aromatic carbocycles. The normalized spacial score (nSPS) is 11.3. The van der Waals surface area contributed by atoms with E-state index in [2.05, 4.69) is 31.2 Å². The van der Waals surface area contributed by atoms with E-state index in [1.54, 1.807) is 37.8 Å². The first-order valence-corrected chi connectivity index (χ1v) is 10.4. The summed E-state index contributed by atoms with van der Waals surface area (Å²) in [6, 6.07) is 18.6. The van der Waals surface area contributed by atoms with Gasteiger partial charge in [0, 0.05) is 39.8 Å². The molecule has 0 amide bonds. The summed E-state index contributed by atoms with van der Waals surface area (Å²) in [5.41, 5.74) is 6.39. The minimum absolute atomic E-state index is 0.304. The summed E-state index contributed by atoms with van der Waals surface area (Å²) in [6.07, 6.45) is 5.16. The van der Waals surface area contributed by atoms with E-state index in [1.807, 2.05) is 36.4 Å². The molecule has 7 heteroatoms. The Hall–Kier alpha value is -4.52. The van der Waals surface area contributed by atoms with E-state index in [9.17, 15) is 4.39 Å². The number of rotatable bonds is 4. The molecule has 0 fully saturated rings. The number of nitrogens with zero attached hydrogens (tertiary/aromatic N) is 3. The lowest BCUT2D eigenvalue weighted by atomic mass is 10.0. The summed E-state index contributed by atoms with van der Waals surface area (Å²) < 4.78 is 19.8. The number of benzene rings is 2. The van der Waals surface area contributed by atoms with E-state index in [0.717, 1.165) is 44.3 Å². The Balaban J connectivity index is 1.50. The number of halogens is 1. The van der Waals surface area contributed by atoms with Crippen molar-refractivity contribution in [1.29, 1.82) is 0 Å². The van der Waals surface area contributed by atoms with Crippen LogP contribution in [0, 0.1) is 5.82 Å². The third-order valence-electron chi connectivity index (χ3n) is 5.78. The second-order valence-electron chi connectivity index (χ2n) is 7.73. The van der Waals surface area contributed by atoms with Crippen molar-refractivity contribution < 1.29 is 9.13 Å². The summed E-state index contributed by atoms with van der Waals surface area (Å²) >= 11 is 0. The van der Waals surface area contributed by atoms with E-state index in [4.69, 9.17) is 4.74 Å². The second-order valence-corrected chi connectivity index (χ2v) is 7.73. The molecular formula is C26H18FN5O. The van der Waals surface area contributed by atoms with Crippen LogP contribution in [-0.4, -0.2) is 32.3 Å². The zero-order chi connectivity index (χ0) is 22.4.